The third-order valence-corrected chi connectivity index (χ3v) is 4.85. The van der Waals surface area contributed by atoms with Gasteiger partial charge in [-0.15, -0.1) is 0 Å². The van der Waals surface area contributed by atoms with E-state index in [1.165, 1.54) is 24.3 Å². The van der Waals surface area contributed by atoms with Crippen molar-refractivity contribution in [1.29, 1.82) is 0 Å². The topological polar surface area (TPSA) is 96.5 Å². The van der Waals surface area contributed by atoms with Crippen molar-refractivity contribution in [2.24, 2.45) is 0 Å². The second-order valence-electron chi connectivity index (χ2n) is 5.97. The highest BCUT2D eigenvalue weighted by Gasteiger charge is 2.31. The fourth-order valence-electron chi connectivity index (χ4n) is 2.51. The van der Waals surface area contributed by atoms with Crippen molar-refractivity contribution in [2.75, 3.05) is 18.5 Å². The number of thioether (sulfide) groups is 1. The van der Waals surface area contributed by atoms with Crippen LogP contribution in [0.2, 0.25) is 0 Å². The summed E-state index contributed by atoms with van der Waals surface area (Å²) in [5.41, 5.74) is 1.41. The zero-order valence-corrected chi connectivity index (χ0v) is 15.6. The van der Waals surface area contributed by atoms with Gasteiger partial charge in [-0.2, -0.15) is 0 Å². The summed E-state index contributed by atoms with van der Waals surface area (Å²) >= 11 is 0.998. The SMILES string of the molecule is O=C(NCCOc1ccc(CC2SC(=O)NC2=O)cc1)Nc1ccc(F)cc1. The van der Waals surface area contributed by atoms with Gasteiger partial charge < -0.3 is 15.4 Å². The molecule has 0 saturated carbocycles. The van der Waals surface area contributed by atoms with Gasteiger partial charge in [0.2, 0.25) is 5.91 Å². The van der Waals surface area contributed by atoms with E-state index in [0.29, 0.717) is 17.9 Å². The largest absolute Gasteiger partial charge is 0.492 e. The molecule has 1 saturated heterocycles. The zero-order chi connectivity index (χ0) is 19.9. The number of rotatable bonds is 7. The summed E-state index contributed by atoms with van der Waals surface area (Å²) in [6, 6.07) is 12.3. The molecule has 4 amide bonds. The minimum absolute atomic E-state index is 0.264. The number of halogens is 1. The fraction of sp³-hybridized carbons (Fsp3) is 0.211. The number of carbonyl (C=O) groups is 3. The molecule has 28 heavy (non-hydrogen) atoms. The quantitative estimate of drug-likeness (QED) is 0.618. The Morgan fingerprint density at radius 2 is 1.82 bits per heavy atom. The molecule has 3 N–H and O–H groups in total. The van der Waals surface area contributed by atoms with Gasteiger partial charge >= 0.3 is 6.03 Å². The van der Waals surface area contributed by atoms with E-state index < -0.39 is 11.3 Å². The van der Waals surface area contributed by atoms with Gasteiger partial charge in [-0.3, -0.25) is 14.9 Å². The molecule has 2 aromatic rings. The Morgan fingerprint density at radius 1 is 1.11 bits per heavy atom. The number of amides is 4. The van der Waals surface area contributed by atoms with Crippen molar-refractivity contribution >= 4 is 34.6 Å². The van der Waals surface area contributed by atoms with Crippen LogP contribution in [0.25, 0.3) is 0 Å². The van der Waals surface area contributed by atoms with Gasteiger partial charge in [-0.05, 0) is 48.4 Å². The molecule has 3 rings (SSSR count). The first-order chi connectivity index (χ1) is 13.5. The summed E-state index contributed by atoms with van der Waals surface area (Å²) in [5.74, 6) is -0.00598. The molecule has 0 radical (unpaired) electrons. The van der Waals surface area contributed by atoms with Crippen LogP contribution in [0.5, 0.6) is 5.75 Å². The van der Waals surface area contributed by atoms with E-state index in [2.05, 4.69) is 16.0 Å². The lowest BCUT2D eigenvalue weighted by molar-refractivity contribution is -0.118. The summed E-state index contributed by atoms with van der Waals surface area (Å²) in [6.07, 6.45) is 0.466. The van der Waals surface area contributed by atoms with E-state index in [9.17, 15) is 18.8 Å². The van der Waals surface area contributed by atoms with Crippen LogP contribution in [0.3, 0.4) is 0 Å². The van der Waals surface area contributed by atoms with Gasteiger partial charge in [0.15, 0.2) is 0 Å². The fourth-order valence-corrected chi connectivity index (χ4v) is 3.37. The Kier molecular flexibility index (Phi) is 6.49. The molecule has 1 fully saturated rings. The second kappa shape index (κ2) is 9.23. The van der Waals surface area contributed by atoms with E-state index in [-0.39, 0.29) is 30.1 Å². The van der Waals surface area contributed by atoms with Crippen molar-refractivity contribution in [1.82, 2.24) is 10.6 Å². The Balaban J connectivity index is 1.36. The van der Waals surface area contributed by atoms with Gasteiger partial charge in [0, 0.05) is 5.69 Å². The molecule has 1 aliphatic heterocycles. The number of carbonyl (C=O) groups excluding carboxylic acids is 3. The van der Waals surface area contributed by atoms with Gasteiger partial charge in [0.05, 0.1) is 11.8 Å². The molecular weight excluding hydrogens is 385 g/mol. The lowest BCUT2D eigenvalue weighted by Crippen LogP contribution is -2.32. The van der Waals surface area contributed by atoms with Gasteiger partial charge in [0.25, 0.3) is 5.24 Å². The third-order valence-electron chi connectivity index (χ3n) is 3.87. The average molecular weight is 403 g/mol. The highest BCUT2D eigenvalue weighted by Crippen LogP contribution is 2.23. The number of nitrogens with one attached hydrogen (secondary N) is 3. The van der Waals surface area contributed by atoms with Crippen LogP contribution in [-0.4, -0.2) is 35.6 Å². The van der Waals surface area contributed by atoms with E-state index in [1.807, 2.05) is 12.1 Å². The first kappa shape index (κ1) is 19.7. The molecule has 2 aromatic carbocycles. The van der Waals surface area contributed by atoms with Crippen LogP contribution < -0.4 is 20.7 Å². The van der Waals surface area contributed by atoms with E-state index >= 15 is 0 Å². The Morgan fingerprint density at radius 3 is 2.46 bits per heavy atom. The summed E-state index contributed by atoms with van der Waals surface area (Å²) in [7, 11) is 0. The predicted molar refractivity (Wildman–Crippen MR) is 104 cm³/mol. The molecule has 0 aromatic heterocycles. The molecule has 1 aliphatic rings. The van der Waals surface area contributed by atoms with Gasteiger partial charge in [-0.1, -0.05) is 23.9 Å². The monoisotopic (exact) mass is 403 g/mol. The van der Waals surface area contributed by atoms with Crippen LogP contribution >= 0.6 is 11.8 Å². The molecule has 0 bridgehead atoms. The number of imide groups is 1. The number of anilines is 1. The van der Waals surface area contributed by atoms with Gasteiger partial charge in [0.1, 0.15) is 18.2 Å². The lowest BCUT2D eigenvalue weighted by Gasteiger charge is -2.10. The van der Waals surface area contributed by atoms with E-state index in [4.69, 9.17) is 4.74 Å². The second-order valence-corrected chi connectivity index (χ2v) is 7.14. The minimum Gasteiger partial charge on any atom is -0.492 e. The summed E-state index contributed by atoms with van der Waals surface area (Å²) in [6.45, 7) is 0.557. The van der Waals surface area contributed by atoms with E-state index in [0.717, 1.165) is 17.3 Å². The minimum atomic E-state index is -0.410. The third kappa shape index (κ3) is 5.71. The van der Waals surface area contributed by atoms with Gasteiger partial charge in [-0.25, -0.2) is 9.18 Å². The van der Waals surface area contributed by atoms with Crippen molar-refractivity contribution in [2.45, 2.75) is 11.7 Å². The van der Waals surface area contributed by atoms with E-state index in [1.54, 1.807) is 12.1 Å². The highest BCUT2D eigenvalue weighted by molar-refractivity contribution is 8.15. The first-order valence-corrected chi connectivity index (χ1v) is 9.41. The maximum absolute atomic E-state index is 12.8. The summed E-state index contributed by atoms with van der Waals surface area (Å²) < 4.78 is 18.4. The highest BCUT2D eigenvalue weighted by atomic mass is 32.2. The van der Waals surface area contributed by atoms with Crippen LogP contribution in [0.4, 0.5) is 19.7 Å². The molecule has 146 valence electrons. The first-order valence-electron chi connectivity index (χ1n) is 8.53. The standard InChI is InChI=1S/C19H18FN3O4S/c20-13-3-5-14(6-4-13)22-18(25)21-9-10-27-15-7-1-12(2-8-15)11-16-17(24)23-19(26)28-16/h1-8,16H,9-11H2,(H2,21,22,25)(H,23,24,26). The number of urea groups is 1. The molecule has 1 unspecified atom stereocenters. The lowest BCUT2D eigenvalue weighted by atomic mass is 10.1. The number of hydrogen-bond donors (Lipinski definition) is 3. The average Bonchev–Trinajstić information content (AvgIpc) is 2.99. The Labute approximate surface area is 165 Å². The summed E-state index contributed by atoms with van der Waals surface area (Å²) in [5, 5.41) is 6.77. The van der Waals surface area contributed by atoms with Crippen LogP contribution in [-0.2, 0) is 11.2 Å². The zero-order valence-electron chi connectivity index (χ0n) is 14.7. The summed E-state index contributed by atoms with van der Waals surface area (Å²) in [4.78, 5) is 34.5. The van der Waals surface area contributed by atoms with Crippen LogP contribution in [0.1, 0.15) is 5.56 Å². The molecule has 9 heteroatoms. The molecule has 0 aliphatic carbocycles. The molecule has 7 nitrogen and oxygen atoms in total. The molecule has 0 spiro atoms. The van der Waals surface area contributed by atoms with Crippen LogP contribution in [0, 0.1) is 5.82 Å². The number of ether oxygens (including phenoxy) is 1. The van der Waals surface area contributed by atoms with Crippen molar-refractivity contribution in [3.05, 3.63) is 59.9 Å². The van der Waals surface area contributed by atoms with Crippen LogP contribution in [0.15, 0.2) is 48.5 Å². The predicted octanol–water partition coefficient (Wildman–Crippen LogP) is 2.92. The smallest absolute Gasteiger partial charge is 0.319 e. The number of benzene rings is 2. The maximum Gasteiger partial charge on any atom is 0.319 e. The van der Waals surface area contributed by atoms with Crippen molar-refractivity contribution in [3.63, 3.8) is 0 Å². The Bertz CT molecular complexity index is 858. The van der Waals surface area contributed by atoms with Crippen molar-refractivity contribution < 1.29 is 23.5 Å². The normalized spacial score (nSPS) is 15.8. The number of hydrogen-bond acceptors (Lipinski definition) is 5. The molecule has 1 heterocycles. The van der Waals surface area contributed by atoms with Crippen molar-refractivity contribution in [3.8, 4) is 5.75 Å². The molecule has 1 atom stereocenters. The Hall–Kier alpha value is -3.07. The maximum atomic E-state index is 12.8. The molecular formula is C19H18FN3O4S.